The molecule has 0 spiro atoms. The molecule has 0 bridgehead atoms. The van der Waals surface area contributed by atoms with Gasteiger partial charge in [-0.05, 0) is 31.9 Å². The van der Waals surface area contributed by atoms with E-state index in [2.05, 4.69) is 20.8 Å². The number of rotatable bonds is 15. The van der Waals surface area contributed by atoms with Gasteiger partial charge >= 0.3 is 22.2 Å². The number of thiazole rings is 1. The number of amides is 3. The molecule has 348 valence electrons. The van der Waals surface area contributed by atoms with Gasteiger partial charge in [-0.3, -0.25) is 19.8 Å². The third kappa shape index (κ3) is 10.6. The van der Waals surface area contributed by atoms with Gasteiger partial charge in [0.25, 0.3) is 5.91 Å². The number of carbonyl (C=O) groups excluding carboxylic acids is 4. The van der Waals surface area contributed by atoms with Crippen molar-refractivity contribution in [3.63, 3.8) is 0 Å². The SMILES string of the molecule is CC(C)(C)OC(=O)Nc1nc(/C(=N/OC(c2ccccc2)(c2ccccc2)c2ccccc2)C(=O)NC2S[C@@H]3CC(=O)N3C(C(=O)OC(c3ccccc3)c3ccccc3)=C2OS(C)(=O)=O)cs1. The maximum Gasteiger partial charge on any atom is 0.413 e. The lowest BCUT2D eigenvalue weighted by Gasteiger charge is -2.46. The number of anilines is 1. The van der Waals surface area contributed by atoms with Crippen LogP contribution in [0.4, 0.5) is 9.93 Å². The Morgan fingerprint density at radius 3 is 1.75 bits per heavy atom. The van der Waals surface area contributed by atoms with E-state index in [4.69, 9.17) is 18.5 Å². The molecule has 2 N–H and O–H groups in total. The molecular formula is C50H45N5O10S3. The van der Waals surface area contributed by atoms with Crippen molar-refractivity contribution in [3.8, 4) is 0 Å². The summed E-state index contributed by atoms with van der Waals surface area (Å²) in [6.45, 7) is 5.12. The van der Waals surface area contributed by atoms with Crippen LogP contribution in [0.15, 0.2) is 174 Å². The van der Waals surface area contributed by atoms with Gasteiger partial charge in [-0.15, -0.1) is 23.1 Å². The second-order valence-electron chi connectivity index (χ2n) is 16.5. The van der Waals surface area contributed by atoms with Crippen LogP contribution in [-0.4, -0.2) is 70.5 Å². The van der Waals surface area contributed by atoms with Crippen LogP contribution in [0.5, 0.6) is 0 Å². The summed E-state index contributed by atoms with van der Waals surface area (Å²) in [5, 5.41) is 9.36. The van der Waals surface area contributed by atoms with Gasteiger partial charge in [-0.25, -0.2) is 14.6 Å². The average molecular weight is 972 g/mol. The normalized spacial score (nSPS) is 16.3. The van der Waals surface area contributed by atoms with E-state index >= 15 is 4.79 Å². The topological polar surface area (TPSA) is 192 Å². The minimum atomic E-state index is -4.43. The number of oxime groups is 1. The van der Waals surface area contributed by atoms with Crippen molar-refractivity contribution < 1.29 is 46.1 Å². The Balaban J connectivity index is 1.23. The highest BCUT2D eigenvalue weighted by molar-refractivity contribution is 8.00. The second-order valence-corrected chi connectivity index (χ2v) is 20.2. The molecule has 0 aliphatic carbocycles. The number of nitrogens with one attached hydrogen (secondary N) is 2. The number of benzene rings is 5. The maximum atomic E-state index is 15.1. The molecule has 3 heterocycles. The van der Waals surface area contributed by atoms with Crippen LogP contribution >= 0.6 is 23.1 Å². The van der Waals surface area contributed by atoms with Crippen LogP contribution in [0, 0.1) is 0 Å². The van der Waals surface area contributed by atoms with E-state index in [1.165, 1.54) is 5.38 Å². The number of esters is 1. The van der Waals surface area contributed by atoms with Crippen molar-refractivity contribution in [2.45, 2.75) is 55.2 Å². The quantitative estimate of drug-likeness (QED) is 0.0250. The summed E-state index contributed by atoms with van der Waals surface area (Å²) in [5.41, 5.74) is -0.0856. The standard InChI is InChI=1S/C50H45N5O10S3/c1-49(2,3)63-48(59)53-47-51-37(31-66-47)40(54-65-50(34-24-14-7-15-25-34,35-26-16-8-17-27-35)36-28-18-9-19-29-36)44(57)52-45-43(64-68(4,60)61)41(55-38(56)30-39(55)67-45)46(58)62-42(32-20-10-5-11-21-32)33-22-12-6-13-23-33/h5-29,31,39,42,45H,30H2,1-4H3,(H,52,57)(H,51,53,59)/b54-40-/t39-,45?/m1/s1. The number of carbonyl (C=O) groups is 4. The number of β-lactam (4-membered cyclic amide) rings is 1. The molecule has 1 fully saturated rings. The monoisotopic (exact) mass is 971 g/mol. The van der Waals surface area contributed by atoms with Crippen LogP contribution in [-0.2, 0) is 48.6 Å². The third-order valence-corrected chi connectivity index (χ3v) is 13.0. The molecule has 2 aliphatic rings. The zero-order valence-corrected chi connectivity index (χ0v) is 39.5. The minimum absolute atomic E-state index is 0.0503. The van der Waals surface area contributed by atoms with Crippen LogP contribution in [0.25, 0.3) is 0 Å². The predicted octanol–water partition coefficient (Wildman–Crippen LogP) is 8.47. The van der Waals surface area contributed by atoms with Gasteiger partial charge in [0, 0.05) is 22.1 Å². The Labute approximate surface area is 401 Å². The first kappa shape index (κ1) is 47.2. The number of thioether (sulfide) groups is 1. The molecule has 6 aromatic rings. The number of hydrogen-bond donors (Lipinski definition) is 2. The molecule has 15 nitrogen and oxygen atoms in total. The summed E-state index contributed by atoms with van der Waals surface area (Å²) in [4.78, 5) is 68.2. The molecule has 2 aliphatic heterocycles. The van der Waals surface area contributed by atoms with Gasteiger partial charge in [0.05, 0.1) is 18.1 Å². The first-order chi connectivity index (χ1) is 32.6. The zero-order valence-electron chi connectivity index (χ0n) is 37.1. The maximum absolute atomic E-state index is 15.1. The number of hydrogen-bond acceptors (Lipinski definition) is 14. The van der Waals surface area contributed by atoms with Gasteiger partial charge in [0.2, 0.25) is 11.5 Å². The Morgan fingerprint density at radius 2 is 1.28 bits per heavy atom. The molecular weight excluding hydrogens is 927 g/mol. The highest BCUT2D eigenvalue weighted by Crippen LogP contribution is 2.45. The summed E-state index contributed by atoms with van der Waals surface area (Å²) in [7, 11) is -4.43. The van der Waals surface area contributed by atoms with Gasteiger partial charge in [-0.1, -0.05) is 157 Å². The molecule has 5 aromatic carbocycles. The summed E-state index contributed by atoms with van der Waals surface area (Å²) in [6, 6.07) is 45.6. The molecule has 0 saturated carbocycles. The highest BCUT2D eigenvalue weighted by Gasteiger charge is 2.52. The molecule has 1 saturated heterocycles. The van der Waals surface area contributed by atoms with Gasteiger partial charge in [-0.2, -0.15) is 8.42 Å². The van der Waals surface area contributed by atoms with Crippen molar-refractivity contribution in [3.05, 3.63) is 202 Å². The minimum Gasteiger partial charge on any atom is -0.448 e. The summed E-state index contributed by atoms with van der Waals surface area (Å²) < 4.78 is 43.3. The number of aromatic nitrogens is 1. The Kier molecular flexibility index (Phi) is 13.8. The smallest absolute Gasteiger partial charge is 0.413 e. The summed E-state index contributed by atoms with van der Waals surface area (Å²) in [5.74, 6) is -3.09. The van der Waals surface area contributed by atoms with E-state index < -0.39 is 79.2 Å². The number of fused-ring (bicyclic) bond motifs is 1. The van der Waals surface area contributed by atoms with Crippen LogP contribution < -0.4 is 10.6 Å². The summed E-state index contributed by atoms with van der Waals surface area (Å²) >= 11 is 1.95. The van der Waals surface area contributed by atoms with E-state index in [0.29, 0.717) is 27.8 Å². The number of nitrogens with zero attached hydrogens (tertiary/aromatic N) is 3. The molecule has 8 rings (SSSR count). The Bertz CT molecular complexity index is 2830. The van der Waals surface area contributed by atoms with Gasteiger partial charge < -0.3 is 23.8 Å². The third-order valence-electron chi connectivity index (χ3n) is 10.4. The van der Waals surface area contributed by atoms with Crippen molar-refractivity contribution >= 4 is 67.9 Å². The molecule has 68 heavy (non-hydrogen) atoms. The van der Waals surface area contributed by atoms with E-state index in [-0.39, 0.29) is 17.2 Å². The fourth-order valence-corrected chi connectivity index (χ4v) is 10.1. The summed E-state index contributed by atoms with van der Waals surface area (Å²) in [6.07, 6.45) is -1.05. The highest BCUT2D eigenvalue weighted by atomic mass is 32.2. The van der Waals surface area contributed by atoms with Crippen molar-refractivity contribution in [2.75, 3.05) is 11.6 Å². The largest absolute Gasteiger partial charge is 0.448 e. The van der Waals surface area contributed by atoms with E-state index in [0.717, 1.165) is 34.3 Å². The lowest BCUT2D eigenvalue weighted by molar-refractivity contribution is -0.152. The molecule has 1 aromatic heterocycles. The second kappa shape index (κ2) is 19.9. The van der Waals surface area contributed by atoms with Crippen LogP contribution in [0.2, 0.25) is 0 Å². The fraction of sp³-hybridized carbons (Fsp3) is 0.200. The van der Waals surface area contributed by atoms with Crippen molar-refractivity contribution in [1.82, 2.24) is 15.2 Å². The zero-order chi connectivity index (χ0) is 48.1. The Morgan fingerprint density at radius 1 is 0.779 bits per heavy atom. The lowest BCUT2D eigenvalue weighted by atomic mass is 9.80. The number of ether oxygens (including phenoxy) is 2. The molecule has 18 heteroatoms. The van der Waals surface area contributed by atoms with Crippen molar-refractivity contribution in [1.29, 1.82) is 0 Å². The average Bonchev–Trinajstić information content (AvgIpc) is 3.77. The lowest BCUT2D eigenvalue weighted by Crippen LogP contribution is -2.58. The predicted molar refractivity (Wildman–Crippen MR) is 257 cm³/mol. The van der Waals surface area contributed by atoms with Crippen LogP contribution in [0.1, 0.15) is 66.8 Å². The molecule has 3 amide bonds. The van der Waals surface area contributed by atoms with E-state index in [1.807, 2.05) is 91.0 Å². The Hall–Kier alpha value is -7.28. The van der Waals surface area contributed by atoms with Gasteiger partial charge in [0.15, 0.2) is 28.4 Å². The first-order valence-corrected chi connectivity index (χ1v) is 24.8. The van der Waals surface area contributed by atoms with Crippen LogP contribution in [0.3, 0.4) is 0 Å². The molecule has 0 radical (unpaired) electrons. The molecule has 2 atom stereocenters. The van der Waals surface area contributed by atoms with E-state index in [9.17, 15) is 22.8 Å². The fourth-order valence-electron chi connectivity index (χ4n) is 7.53. The van der Waals surface area contributed by atoms with Crippen molar-refractivity contribution in [2.24, 2.45) is 5.16 Å². The first-order valence-electron chi connectivity index (χ1n) is 21.2. The van der Waals surface area contributed by atoms with Gasteiger partial charge in [0.1, 0.15) is 16.7 Å². The molecule has 1 unspecified atom stereocenters. The van der Waals surface area contributed by atoms with E-state index in [1.54, 1.807) is 81.4 Å².